The fourth-order valence-corrected chi connectivity index (χ4v) is 3.98. The van der Waals surface area contributed by atoms with E-state index in [1.165, 1.54) is 0 Å². The Morgan fingerprint density at radius 2 is 1.66 bits per heavy atom. The molecule has 1 atom stereocenters. The number of rotatable bonds is 5. The SMILES string of the molecule is NC(=O)C1CCCc2cc(C(O)(C(F)(F)F)C(F)(F)F)ccc2N1C(=O)OCCc1ccccc1. The van der Waals surface area contributed by atoms with Crippen molar-refractivity contribution in [3.8, 4) is 0 Å². The van der Waals surface area contributed by atoms with E-state index in [1.807, 2.05) is 0 Å². The zero-order valence-electron chi connectivity index (χ0n) is 18.2. The van der Waals surface area contributed by atoms with Crippen LogP contribution in [-0.4, -0.2) is 42.1 Å². The topological polar surface area (TPSA) is 92.9 Å². The van der Waals surface area contributed by atoms with Gasteiger partial charge in [-0.3, -0.25) is 9.69 Å². The molecule has 0 aliphatic carbocycles. The lowest BCUT2D eigenvalue weighted by molar-refractivity contribution is -0.376. The van der Waals surface area contributed by atoms with Crippen LogP contribution in [0.3, 0.4) is 0 Å². The van der Waals surface area contributed by atoms with Crippen molar-refractivity contribution in [3.63, 3.8) is 0 Å². The molecular weight excluding hydrogens is 482 g/mol. The summed E-state index contributed by atoms with van der Waals surface area (Å²) in [6.07, 6.45) is -12.7. The molecule has 0 spiro atoms. The van der Waals surface area contributed by atoms with Crippen molar-refractivity contribution in [3.05, 3.63) is 65.2 Å². The lowest BCUT2D eigenvalue weighted by Gasteiger charge is -2.34. The van der Waals surface area contributed by atoms with Gasteiger partial charge in [-0.15, -0.1) is 0 Å². The van der Waals surface area contributed by atoms with Crippen LogP contribution in [0.25, 0.3) is 0 Å². The Bertz CT molecular complexity index is 1060. The van der Waals surface area contributed by atoms with Gasteiger partial charge in [0.1, 0.15) is 6.04 Å². The fourth-order valence-electron chi connectivity index (χ4n) is 3.98. The zero-order chi connectivity index (χ0) is 26.0. The number of nitrogens with zero attached hydrogens (tertiary/aromatic N) is 1. The molecule has 6 nitrogen and oxygen atoms in total. The molecule has 0 radical (unpaired) electrons. The number of aliphatic hydroxyl groups is 1. The van der Waals surface area contributed by atoms with Gasteiger partial charge in [-0.25, -0.2) is 4.79 Å². The average Bonchev–Trinajstić information content (AvgIpc) is 2.97. The number of nitrogens with two attached hydrogens (primary N) is 1. The Balaban J connectivity index is 1.97. The summed E-state index contributed by atoms with van der Waals surface area (Å²) in [5, 5.41) is 9.74. The van der Waals surface area contributed by atoms with E-state index in [0.29, 0.717) is 18.6 Å². The van der Waals surface area contributed by atoms with Crippen LogP contribution in [0.5, 0.6) is 0 Å². The summed E-state index contributed by atoms with van der Waals surface area (Å²) in [5.74, 6) is -0.913. The third kappa shape index (κ3) is 5.21. The molecule has 12 heteroatoms. The Morgan fingerprint density at radius 3 is 2.23 bits per heavy atom. The van der Waals surface area contributed by atoms with Crippen molar-refractivity contribution in [1.29, 1.82) is 0 Å². The number of primary amides is 1. The van der Waals surface area contributed by atoms with Gasteiger partial charge in [0.2, 0.25) is 5.91 Å². The van der Waals surface area contributed by atoms with Gasteiger partial charge < -0.3 is 15.6 Å². The Morgan fingerprint density at radius 1 is 1.03 bits per heavy atom. The van der Waals surface area contributed by atoms with Gasteiger partial charge in [-0.05, 0) is 36.5 Å². The minimum absolute atomic E-state index is 0.00986. The van der Waals surface area contributed by atoms with E-state index in [9.17, 15) is 41.0 Å². The van der Waals surface area contributed by atoms with Gasteiger partial charge in [0.15, 0.2) is 0 Å². The molecular formula is C23H22F6N2O4. The highest BCUT2D eigenvalue weighted by Gasteiger charge is 2.71. The van der Waals surface area contributed by atoms with Gasteiger partial charge in [0.25, 0.3) is 5.60 Å². The van der Waals surface area contributed by atoms with Gasteiger partial charge in [-0.2, -0.15) is 26.3 Å². The van der Waals surface area contributed by atoms with Crippen molar-refractivity contribution in [2.45, 2.75) is 49.7 Å². The minimum Gasteiger partial charge on any atom is -0.449 e. The first kappa shape index (κ1) is 26.3. The molecule has 3 rings (SSSR count). The summed E-state index contributed by atoms with van der Waals surface area (Å²) in [6, 6.07) is 9.53. The molecule has 0 fully saturated rings. The smallest absolute Gasteiger partial charge is 0.430 e. The first-order chi connectivity index (χ1) is 16.3. The average molecular weight is 504 g/mol. The van der Waals surface area contributed by atoms with E-state index in [2.05, 4.69) is 0 Å². The van der Waals surface area contributed by atoms with Crippen molar-refractivity contribution >= 4 is 17.7 Å². The third-order valence-electron chi connectivity index (χ3n) is 5.80. The normalized spacial score (nSPS) is 16.9. The lowest BCUT2D eigenvalue weighted by atomic mass is 9.89. The molecule has 190 valence electrons. The minimum atomic E-state index is -6.06. The Labute approximate surface area is 196 Å². The molecule has 2 amide bonds. The summed E-state index contributed by atoms with van der Waals surface area (Å²) < 4.78 is 85.3. The van der Waals surface area contributed by atoms with E-state index in [0.717, 1.165) is 16.5 Å². The lowest BCUT2D eigenvalue weighted by Crippen LogP contribution is -2.54. The van der Waals surface area contributed by atoms with Crippen LogP contribution in [0.1, 0.15) is 29.5 Å². The number of aryl methyl sites for hydroxylation is 1. The zero-order valence-corrected chi connectivity index (χ0v) is 18.2. The van der Waals surface area contributed by atoms with Gasteiger partial charge in [0, 0.05) is 12.0 Å². The number of hydrogen-bond donors (Lipinski definition) is 2. The number of fused-ring (bicyclic) bond motifs is 1. The van der Waals surface area contributed by atoms with Gasteiger partial charge in [-0.1, -0.05) is 42.5 Å². The highest BCUT2D eigenvalue weighted by molar-refractivity contribution is 5.97. The van der Waals surface area contributed by atoms with Crippen molar-refractivity contribution in [2.75, 3.05) is 11.5 Å². The second-order valence-electron chi connectivity index (χ2n) is 8.08. The molecule has 0 aromatic heterocycles. The molecule has 2 aromatic rings. The monoisotopic (exact) mass is 504 g/mol. The van der Waals surface area contributed by atoms with Crippen LogP contribution in [0.15, 0.2) is 48.5 Å². The summed E-state index contributed by atoms with van der Waals surface area (Å²) >= 11 is 0. The number of halogens is 6. The molecule has 1 aliphatic rings. The highest BCUT2D eigenvalue weighted by atomic mass is 19.4. The second kappa shape index (κ2) is 9.76. The maximum atomic E-state index is 13.3. The number of carbonyl (C=O) groups excluding carboxylic acids is 2. The van der Waals surface area contributed by atoms with Crippen LogP contribution in [-0.2, 0) is 28.0 Å². The molecule has 35 heavy (non-hydrogen) atoms. The molecule has 3 N–H and O–H groups in total. The number of benzene rings is 2. The molecule has 1 aliphatic heterocycles. The number of carbonyl (C=O) groups is 2. The second-order valence-corrected chi connectivity index (χ2v) is 8.08. The first-order valence-electron chi connectivity index (χ1n) is 10.6. The Hall–Kier alpha value is -3.28. The van der Waals surface area contributed by atoms with Gasteiger partial charge in [0.05, 0.1) is 12.3 Å². The quantitative estimate of drug-likeness (QED) is 0.592. The molecule has 1 heterocycles. The fraction of sp³-hybridized carbons (Fsp3) is 0.391. The predicted octanol–water partition coefficient (Wildman–Crippen LogP) is 4.37. The van der Waals surface area contributed by atoms with Crippen LogP contribution in [0.2, 0.25) is 0 Å². The number of ether oxygens (including phenoxy) is 1. The Kier molecular flexibility index (Phi) is 7.34. The maximum absolute atomic E-state index is 13.3. The predicted molar refractivity (Wildman–Crippen MR) is 112 cm³/mol. The van der Waals surface area contributed by atoms with E-state index >= 15 is 0 Å². The van der Waals surface area contributed by atoms with Crippen molar-refractivity contribution in [2.24, 2.45) is 5.73 Å². The number of anilines is 1. The third-order valence-corrected chi connectivity index (χ3v) is 5.80. The maximum Gasteiger partial charge on any atom is 0.430 e. The summed E-state index contributed by atoms with van der Waals surface area (Å²) in [7, 11) is 0. The number of amides is 2. The van der Waals surface area contributed by atoms with Crippen molar-refractivity contribution < 1.29 is 45.8 Å². The number of alkyl halides is 6. The van der Waals surface area contributed by atoms with Crippen LogP contribution in [0, 0.1) is 0 Å². The highest BCUT2D eigenvalue weighted by Crippen LogP contribution is 2.50. The number of hydrogen-bond acceptors (Lipinski definition) is 4. The standard InChI is InChI=1S/C23H22F6N2O4/c24-22(25,26)21(34,23(27,28)29)16-9-10-17-15(13-16)7-4-8-18(19(30)32)31(17)20(33)35-12-11-14-5-2-1-3-6-14/h1-3,5-6,9-10,13,18,34H,4,7-8,11-12H2,(H2,30,32). The molecule has 0 saturated carbocycles. The van der Waals surface area contributed by atoms with E-state index < -0.39 is 41.6 Å². The van der Waals surface area contributed by atoms with E-state index in [-0.39, 0.29) is 37.1 Å². The molecule has 2 aromatic carbocycles. The summed E-state index contributed by atoms with van der Waals surface area (Å²) in [4.78, 5) is 25.8. The van der Waals surface area contributed by atoms with Crippen LogP contribution >= 0.6 is 0 Å². The van der Waals surface area contributed by atoms with Crippen molar-refractivity contribution in [1.82, 2.24) is 0 Å². The van der Waals surface area contributed by atoms with E-state index in [1.54, 1.807) is 30.3 Å². The molecule has 1 unspecified atom stereocenters. The molecule has 0 bridgehead atoms. The van der Waals surface area contributed by atoms with Gasteiger partial charge >= 0.3 is 18.4 Å². The summed E-state index contributed by atoms with van der Waals surface area (Å²) in [6.45, 7) is -0.0971. The van der Waals surface area contributed by atoms with Crippen LogP contribution in [0.4, 0.5) is 36.8 Å². The first-order valence-corrected chi connectivity index (χ1v) is 10.6. The van der Waals surface area contributed by atoms with Crippen LogP contribution < -0.4 is 10.6 Å². The van der Waals surface area contributed by atoms with E-state index in [4.69, 9.17) is 10.5 Å². The molecule has 0 saturated heterocycles. The largest absolute Gasteiger partial charge is 0.449 e. The summed E-state index contributed by atoms with van der Waals surface area (Å²) in [5.41, 5.74) is -0.508.